The van der Waals surface area contributed by atoms with Gasteiger partial charge in [0.05, 0.1) is 0 Å². The summed E-state index contributed by atoms with van der Waals surface area (Å²) in [5, 5.41) is 13.8. The van der Waals surface area contributed by atoms with Gasteiger partial charge in [-0.1, -0.05) is 6.92 Å². The standard InChI is InChI=1S/C13H18N2O3S/c1-3-13(2,11(16)17)14-12(18)15-6-4-10-9(8-15)5-7-19-10/h5,7H,3-4,6,8H2,1-2H3,(H,14,18)(H,16,17). The molecule has 0 spiro atoms. The number of hydrogen-bond donors (Lipinski definition) is 2. The molecule has 1 aromatic rings. The molecule has 2 N–H and O–H groups in total. The first-order valence-electron chi connectivity index (χ1n) is 6.32. The van der Waals surface area contributed by atoms with Gasteiger partial charge in [0.1, 0.15) is 5.54 Å². The van der Waals surface area contributed by atoms with Crippen molar-refractivity contribution in [1.82, 2.24) is 10.2 Å². The second-order valence-electron chi connectivity index (χ2n) is 4.96. The van der Waals surface area contributed by atoms with Crippen LogP contribution in [0, 0.1) is 0 Å². The van der Waals surface area contributed by atoms with Crippen molar-refractivity contribution in [3.63, 3.8) is 0 Å². The molecule has 1 aliphatic rings. The van der Waals surface area contributed by atoms with Crippen LogP contribution in [0.2, 0.25) is 0 Å². The highest BCUT2D eigenvalue weighted by atomic mass is 32.1. The van der Waals surface area contributed by atoms with Gasteiger partial charge in [-0.3, -0.25) is 0 Å². The molecule has 1 atom stereocenters. The summed E-state index contributed by atoms with van der Waals surface area (Å²) >= 11 is 1.71. The second-order valence-corrected chi connectivity index (χ2v) is 5.96. The number of amides is 2. The zero-order valence-corrected chi connectivity index (χ0v) is 11.9. The predicted octanol–water partition coefficient (Wildman–Crippen LogP) is 2.07. The number of nitrogens with zero attached hydrogens (tertiary/aromatic N) is 1. The average molecular weight is 282 g/mol. The Balaban J connectivity index is 2.04. The summed E-state index contributed by atoms with van der Waals surface area (Å²) in [7, 11) is 0. The van der Waals surface area contributed by atoms with Crippen molar-refractivity contribution in [2.45, 2.75) is 38.8 Å². The molecule has 5 nitrogen and oxygen atoms in total. The molecule has 0 radical (unpaired) electrons. The number of carboxylic acids is 1. The van der Waals surface area contributed by atoms with Gasteiger partial charge in [0.2, 0.25) is 0 Å². The molecular formula is C13H18N2O3S. The summed E-state index contributed by atoms with van der Waals surface area (Å²) in [6, 6.07) is 1.72. The van der Waals surface area contributed by atoms with Gasteiger partial charge < -0.3 is 15.3 Å². The Labute approximate surface area is 116 Å². The van der Waals surface area contributed by atoms with Crippen molar-refractivity contribution >= 4 is 23.3 Å². The van der Waals surface area contributed by atoms with Crippen LogP contribution in [0.1, 0.15) is 30.7 Å². The van der Waals surface area contributed by atoms with E-state index in [9.17, 15) is 14.7 Å². The Kier molecular flexibility index (Phi) is 3.80. The van der Waals surface area contributed by atoms with Crippen LogP contribution in [0.4, 0.5) is 4.79 Å². The van der Waals surface area contributed by atoms with Crippen LogP contribution < -0.4 is 5.32 Å². The molecular weight excluding hydrogens is 264 g/mol. The first-order chi connectivity index (χ1) is 8.96. The average Bonchev–Trinajstić information content (AvgIpc) is 2.85. The highest BCUT2D eigenvalue weighted by Gasteiger charge is 2.34. The number of thiophene rings is 1. The van der Waals surface area contributed by atoms with Crippen molar-refractivity contribution in [3.05, 3.63) is 21.9 Å². The molecule has 1 unspecified atom stereocenters. The maximum absolute atomic E-state index is 12.2. The Hall–Kier alpha value is -1.56. The lowest BCUT2D eigenvalue weighted by atomic mass is 9.99. The highest BCUT2D eigenvalue weighted by Crippen LogP contribution is 2.24. The quantitative estimate of drug-likeness (QED) is 0.891. The van der Waals surface area contributed by atoms with Gasteiger partial charge in [0.15, 0.2) is 0 Å². The van der Waals surface area contributed by atoms with Crippen molar-refractivity contribution in [1.29, 1.82) is 0 Å². The number of fused-ring (bicyclic) bond motifs is 1. The highest BCUT2D eigenvalue weighted by molar-refractivity contribution is 7.10. The molecule has 2 rings (SSSR count). The van der Waals surface area contributed by atoms with Gasteiger partial charge in [-0.2, -0.15) is 0 Å². The molecule has 0 saturated heterocycles. The van der Waals surface area contributed by atoms with E-state index in [4.69, 9.17) is 0 Å². The molecule has 104 valence electrons. The lowest BCUT2D eigenvalue weighted by Crippen LogP contribution is -2.56. The lowest BCUT2D eigenvalue weighted by molar-refractivity contribution is -0.143. The summed E-state index contributed by atoms with van der Waals surface area (Å²) in [5.74, 6) is -1.00. The Morgan fingerprint density at radius 2 is 2.32 bits per heavy atom. The summed E-state index contributed by atoms with van der Waals surface area (Å²) < 4.78 is 0. The number of aliphatic carboxylic acids is 1. The maximum Gasteiger partial charge on any atom is 0.329 e. The van der Waals surface area contributed by atoms with Crippen molar-refractivity contribution < 1.29 is 14.7 Å². The molecule has 19 heavy (non-hydrogen) atoms. The molecule has 2 amide bonds. The second kappa shape index (κ2) is 5.21. The SMILES string of the molecule is CCC(C)(NC(=O)N1CCc2sccc2C1)C(=O)O. The van der Waals surface area contributed by atoms with Gasteiger partial charge in [-0.25, -0.2) is 9.59 Å². The zero-order valence-electron chi connectivity index (χ0n) is 11.1. The molecule has 0 aliphatic carbocycles. The number of carbonyl (C=O) groups is 2. The van der Waals surface area contributed by atoms with Crippen LogP contribution in [0.3, 0.4) is 0 Å². The number of rotatable bonds is 3. The number of carboxylic acid groups (broad SMARTS) is 1. The predicted molar refractivity (Wildman–Crippen MR) is 73.3 cm³/mol. The Bertz CT molecular complexity index is 500. The molecule has 0 fully saturated rings. The van der Waals surface area contributed by atoms with Crippen molar-refractivity contribution in [2.75, 3.05) is 6.54 Å². The number of nitrogens with one attached hydrogen (secondary N) is 1. The number of urea groups is 1. The molecule has 6 heteroatoms. The minimum atomic E-state index is -1.20. The van der Waals surface area contributed by atoms with Gasteiger partial charge in [0, 0.05) is 18.0 Å². The molecule has 2 heterocycles. The first kappa shape index (κ1) is 13.9. The third-order valence-corrected chi connectivity index (χ3v) is 4.68. The van der Waals surface area contributed by atoms with E-state index in [0.717, 1.165) is 6.42 Å². The fraction of sp³-hybridized carbons (Fsp3) is 0.538. The summed E-state index contributed by atoms with van der Waals surface area (Å²) in [5.41, 5.74) is -0.0358. The smallest absolute Gasteiger partial charge is 0.329 e. The van der Waals surface area contributed by atoms with Gasteiger partial charge in [-0.15, -0.1) is 11.3 Å². The normalized spacial score (nSPS) is 17.5. The Morgan fingerprint density at radius 3 is 2.95 bits per heavy atom. The largest absolute Gasteiger partial charge is 0.480 e. The van der Waals surface area contributed by atoms with Gasteiger partial charge in [0.25, 0.3) is 0 Å². The van der Waals surface area contributed by atoms with E-state index in [0.29, 0.717) is 19.5 Å². The van der Waals surface area contributed by atoms with Crippen molar-refractivity contribution in [3.8, 4) is 0 Å². The van der Waals surface area contributed by atoms with Crippen LogP contribution in [-0.2, 0) is 17.8 Å². The monoisotopic (exact) mass is 282 g/mol. The summed E-state index contributed by atoms with van der Waals surface area (Å²) in [4.78, 5) is 26.4. The van der Waals surface area contributed by atoms with Crippen LogP contribution in [0.25, 0.3) is 0 Å². The van der Waals surface area contributed by atoms with E-state index in [1.165, 1.54) is 17.4 Å². The number of hydrogen-bond acceptors (Lipinski definition) is 3. The zero-order chi connectivity index (χ0) is 14.0. The van der Waals surface area contributed by atoms with Crippen LogP contribution in [0.5, 0.6) is 0 Å². The van der Waals surface area contributed by atoms with E-state index in [-0.39, 0.29) is 6.03 Å². The topological polar surface area (TPSA) is 69.6 Å². The first-order valence-corrected chi connectivity index (χ1v) is 7.20. The van der Waals surface area contributed by atoms with E-state index >= 15 is 0 Å². The fourth-order valence-corrected chi connectivity index (χ4v) is 2.92. The fourth-order valence-electron chi connectivity index (χ4n) is 2.03. The molecule has 0 aromatic carbocycles. The minimum absolute atomic E-state index is 0.302. The molecule has 0 saturated carbocycles. The Morgan fingerprint density at radius 1 is 1.58 bits per heavy atom. The van der Waals surface area contributed by atoms with E-state index in [1.807, 2.05) is 11.4 Å². The lowest BCUT2D eigenvalue weighted by Gasteiger charge is -2.32. The molecule has 0 bridgehead atoms. The minimum Gasteiger partial charge on any atom is -0.480 e. The van der Waals surface area contributed by atoms with Gasteiger partial charge >= 0.3 is 12.0 Å². The third kappa shape index (κ3) is 2.73. The summed E-state index contributed by atoms with van der Waals surface area (Å²) in [6.45, 7) is 4.48. The van der Waals surface area contributed by atoms with E-state index in [1.54, 1.807) is 23.2 Å². The van der Waals surface area contributed by atoms with E-state index < -0.39 is 11.5 Å². The molecule has 1 aromatic heterocycles. The number of carbonyl (C=O) groups excluding carboxylic acids is 1. The van der Waals surface area contributed by atoms with E-state index in [2.05, 4.69) is 5.32 Å². The summed E-state index contributed by atoms with van der Waals surface area (Å²) in [6.07, 6.45) is 1.20. The third-order valence-electron chi connectivity index (χ3n) is 3.66. The van der Waals surface area contributed by atoms with Gasteiger partial charge in [-0.05, 0) is 36.8 Å². The van der Waals surface area contributed by atoms with Crippen molar-refractivity contribution in [2.24, 2.45) is 0 Å². The molecule has 1 aliphatic heterocycles. The van der Waals surface area contributed by atoms with Crippen LogP contribution in [0.15, 0.2) is 11.4 Å². The van der Waals surface area contributed by atoms with Crippen LogP contribution in [-0.4, -0.2) is 34.1 Å². The maximum atomic E-state index is 12.2. The van der Waals surface area contributed by atoms with Crippen LogP contribution >= 0.6 is 11.3 Å².